The molecule has 3 aromatic rings. The van der Waals surface area contributed by atoms with Gasteiger partial charge in [-0.2, -0.15) is 0 Å². The molecule has 0 aliphatic carbocycles. The van der Waals surface area contributed by atoms with Crippen LogP contribution in [-0.2, 0) is 6.54 Å². The molecule has 1 aromatic carbocycles. The van der Waals surface area contributed by atoms with Gasteiger partial charge in [0.2, 0.25) is 0 Å². The summed E-state index contributed by atoms with van der Waals surface area (Å²) < 4.78 is 10.2. The third-order valence-electron chi connectivity index (χ3n) is 3.40. The Labute approximate surface area is 121 Å². The topological polar surface area (TPSA) is 47.8 Å². The lowest BCUT2D eigenvalue weighted by molar-refractivity contribution is 0.414. The quantitative estimate of drug-likeness (QED) is 0.750. The van der Waals surface area contributed by atoms with Gasteiger partial charge in [-0.15, -0.1) is 0 Å². The van der Waals surface area contributed by atoms with E-state index in [1.807, 2.05) is 35.3 Å². The summed E-state index contributed by atoms with van der Waals surface area (Å²) >= 11 is 5.45. The molecule has 5 nitrogen and oxygen atoms in total. The van der Waals surface area contributed by atoms with Gasteiger partial charge in [-0.05, 0) is 31.3 Å². The van der Waals surface area contributed by atoms with E-state index >= 15 is 0 Å². The van der Waals surface area contributed by atoms with Crippen LogP contribution in [0.2, 0.25) is 0 Å². The second kappa shape index (κ2) is 5.13. The zero-order chi connectivity index (χ0) is 14.1. The van der Waals surface area contributed by atoms with Crippen molar-refractivity contribution in [3.05, 3.63) is 41.7 Å². The van der Waals surface area contributed by atoms with E-state index in [0.717, 1.165) is 28.1 Å². The Bertz CT molecular complexity index is 772. The minimum absolute atomic E-state index is 0.220. The molecule has 0 saturated carbocycles. The van der Waals surface area contributed by atoms with Crippen LogP contribution in [0.1, 0.15) is 13.0 Å². The van der Waals surface area contributed by atoms with E-state index in [4.69, 9.17) is 17.0 Å². The third-order valence-corrected chi connectivity index (χ3v) is 3.70. The molecule has 0 saturated heterocycles. The first kappa shape index (κ1) is 12.9. The summed E-state index contributed by atoms with van der Waals surface area (Å²) in [5.41, 5.74) is 2.08. The Kier molecular flexibility index (Phi) is 3.31. The number of nitrogens with zero attached hydrogens (tertiary/aromatic N) is 3. The Balaban J connectivity index is 2.05. The summed E-state index contributed by atoms with van der Waals surface area (Å²) in [6.07, 6.45) is 5.55. The Morgan fingerprint density at radius 3 is 3.00 bits per heavy atom. The van der Waals surface area contributed by atoms with E-state index < -0.39 is 0 Å². The number of methoxy groups -OCH3 is 1. The van der Waals surface area contributed by atoms with Gasteiger partial charge in [0.05, 0.1) is 30.5 Å². The molecule has 1 unspecified atom stereocenters. The smallest absolute Gasteiger partial charge is 0.178 e. The fourth-order valence-electron chi connectivity index (χ4n) is 2.45. The maximum atomic E-state index is 5.45. The fourth-order valence-corrected chi connectivity index (χ4v) is 2.84. The van der Waals surface area contributed by atoms with Gasteiger partial charge in [0.15, 0.2) is 4.77 Å². The van der Waals surface area contributed by atoms with Crippen LogP contribution in [-0.4, -0.2) is 26.2 Å². The van der Waals surface area contributed by atoms with Crippen molar-refractivity contribution in [2.24, 2.45) is 0 Å². The van der Waals surface area contributed by atoms with Crippen LogP contribution in [0, 0.1) is 4.77 Å². The molecule has 104 valence electrons. The van der Waals surface area contributed by atoms with Gasteiger partial charge in [0.25, 0.3) is 0 Å². The molecule has 2 heterocycles. The minimum Gasteiger partial charge on any atom is -0.497 e. The van der Waals surface area contributed by atoms with Crippen molar-refractivity contribution in [3.8, 4) is 5.75 Å². The number of ether oxygens (including phenoxy) is 1. The van der Waals surface area contributed by atoms with Crippen molar-refractivity contribution >= 4 is 23.3 Å². The van der Waals surface area contributed by atoms with E-state index in [1.165, 1.54) is 0 Å². The number of nitrogens with one attached hydrogen (secondary N) is 1. The SMILES string of the molecule is COc1ccc2[nH]c(=S)n(C(C)Cn3ccnc3)c2c1. The van der Waals surface area contributed by atoms with E-state index in [1.54, 1.807) is 13.3 Å². The summed E-state index contributed by atoms with van der Waals surface area (Å²) in [7, 11) is 1.67. The number of rotatable bonds is 4. The average Bonchev–Trinajstić information content (AvgIpc) is 3.04. The molecule has 6 heteroatoms. The van der Waals surface area contributed by atoms with Crippen LogP contribution in [0.5, 0.6) is 5.75 Å². The molecule has 0 amide bonds. The molecule has 0 radical (unpaired) electrons. The molecular formula is C14H16N4OS. The molecule has 20 heavy (non-hydrogen) atoms. The molecular weight excluding hydrogens is 272 g/mol. The standard InChI is InChI=1S/C14H16N4OS/c1-10(8-17-6-5-15-9-17)18-13-7-11(19-2)3-4-12(13)16-14(18)20/h3-7,9-10H,8H2,1-2H3,(H,16,20). The average molecular weight is 288 g/mol. The van der Waals surface area contributed by atoms with Gasteiger partial charge in [-0.3, -0.25) is 0 Å². The highest BCUT2D eigenvalue weighted by Gasteiger charge is 2.12. The number of benzene rings is 1. The molecule has 2 aromatic heterocycles. The normalized spacial score (nSPS) is 12.7. The van der Waals surface area contributed by atoms with Crippen molar-refractivity contribution < 1.29 is 4.74 Å². The summed E-state index contributed by atoms with van der Waals surface area (Å²) in [5, 5.41) is 0. The van der Waals surface area contributed by atoms with Crippen LogP contribution >= 0.6 is 12.2 Å². The van der Waals surface area contributed by atoms with E-state index in [9.17, 15) is 0 Å². The van der Waals surface area contributed by atoms with Crippen molar-refractivity contribution in [3.63, 3.8) is 0 Å². The predicted molar refractivity (Wildman–Crippen MR) is 80.6 cm³/mol. The maximum absolute atomic E-state index is 5.45. The van der Waals surface area contributed by atoms with Crippen LogP contribution in [0.25, 0.3) is 11.0 Å². The van der Waals surface area contributed by atoms with E-state index in [0.29, 0.717) is 0 Å². The van der Waals surface area contributed by atoms with Crippen molar-refractivity contribution in [1.29, 1.82) is 0 Å². The van der Waals surface area contributed by atoms with E-state index in [-0.39, 0.29) is 6.04 Å². The van der Waals surface area contributed by atoms with Gasteiger partial charge < -0.3 is 18.9 Å². The predicted octanol–water partition coefficient (Wildman–Crippen LogP) is 3.17. The lowest BCUT2D eigenvalue weighted by Crippen LogP contribution is -2.12. The number of imidazole rings is 2. The highest BCUT2D eigenvalue weighted by Crippen LogP contribution is 2.24. The van der Waals surface area contributed by atoms with Gasteiger partial charge in [-0.1, -0.05) is 0 Å². The first-order chi connectivity index (χ1) is 9.69. The van der Waals surface area contributed by atoms with Gasteiger partial charge in [0, 0.05) is 25.0 Å². The lowest BCUT2D eigenvalue weighted by Gasteiger charge is -2.15. The zero-order valence-corrected chi connectivity index (χ0v) is 12.2. The lowest BCUT2D eigenvalue weighted by atomic mass is 10.2. The van der Waals surface area contributed by atoms with Gasteiger partial charge in [0.1, 0.15) is 5.75 Å². The molecule has 3 rings (SSSR count). The summed E-state index contributed by atoms with van der Waals surface area (Å²) in [6.45, 7) is 2.96. The van der Waals surface area contributed by atoms with Crippen LogP contribution in [0.3, 0.4) is 0 Å². The molecule has 0 aliphatic heterocycles. The molecule has 1 atom stereocenters. The van der Waals surface area contributed by atoms with Crippen molar-refractivity contribution in [1.82, 2.24) is 19.1 Å². The number of aromatic amines is 1. The van der Waals surface area contributed by atoms with Crippen LogP contribution in [0.4, 0.5) is 0 Å². The Morgan fingerprint density at radius 2 is 2.30 bits per heavy atom. The van der Waals surface area contributed by atoms with Crippen LogP contribution < -0.4 is 4.74 Å². The molecule has 1 N–H and O–H groups in total. The first-order valence-corrected chi connectivity index (χ1v) is 6.84. The first-order valence-electron chi connectivity index (χ1n) is 6.43. The van der Waals surface area contributed by atoms with Crippen molar-refractivity contribution in [2.75, 3.05) is 7.11 Å². The highest BCUT2D eigenvalue weighted by atomic mass is 32.1. The summed E-state index contributed by atoms with van der Waals surface area (Å²) in [5.74, 6) is 0.829. The van der Waals surface area contributed by atoms with Crippen LogP contribution in [0.15, 0.2) is 36.9 Å². The zero-order valence-electron chi connectivity index (χ0n) is 11.4. The van der Waals surface area contributed by atoms with Gasteiger partial charge in [-0.25, -0.2) is 4.98 Å². The number of aromatic nitrogens is 4. The maximum Gasteiger partial charge on any atom is 0.178 e. The highest BCUT2D eigenvalue weighted by molar-refractivity contribution is 7.71. The number of hydrogen-bond acceptors (Lipinski definition) is 3. The molecule has 0 aliphatic rings. The van der Waals surface area contributed by atoms with Gasteiger partial charge >= 0.3 is 0 Å². The van der Waals surface area contributed by atoms with Crippen molar-refractivity contribution in [2.45, 2.75) is 19.5 Å². The second-order valence-corrected chi connectivity index (χ2v) is 5.18. The monoisotopic (exact) mass is 288 g/mol. The van der Waals surface area contributed by atoms with E-state index in [2.05, 4.69) is 21.5 Å². The number of fused-ring (bicyclic) bond motifs is 1. The summed E-state index contributed by atoms with van der Waals surface area (Å²) in [6, 6.07) is 6.15. The number of H-pyrrole nitrogens is 1. The Hall–Kier alpha value is -2.08. The minimum atomic E-state index is 0.220. The molecule has 0 spiro atoms. The Morgan fingerprint density at radius 1 is 1.45 bits per heavy atom. The largest absolute Gasteiger partial charge is 0.497 e. The second-order valence-electron chi connectivity index (χ2n) is 4.79. The summed E-state index contributed by atoms with van der Waals surface area (Å²) in [4.78, 5) is 7.30. The molecule has 0 fully saturated rings. The third kappa shape index (κ3) is 2.22. The fraction of sp³-hybridized carbons (Fsp3) is 0.286. The molecule has 0 bridgehead atoms. The number of hydrogen-bond donors (Lipinski definition) is 1.